The molecule has 28 heavy (non-hydrogen) atoms. The lowest BCUT2D eigenvalue weighted by Gasteiger charge is -2.23. The highest BCUT2D eigenvalue weighted by molar-refractivity contribution is 7.17. The van der Waals surface area contributed by atoms with Crippen molar-refractivity contribution >= 4 is 34.2 Å². The van der Waals surface area contributed by atoms with Gasteiger partial charge in [0.1, 0.15) is 5.00 Å². The first kappa shape index (κ1) is 19.2. The van der Waals surface area contributed by atoms with E-state index >= 15 is 0 Å². The van der Waals surface area contributed by atoms with E-state index in [2.05, 4.69) is 5.32 Å². The fraction of sp³-hybridized carbons (Fsp3) is 0.571. The van der Waals surface area contributed by atoms with Crippen molar-refractivity contribution in [3.05, 3.63) is 28.2 Å². The third-order valence-corrected chi connectivity index (χ3v) is 7.21. The Morgan fingerprint density at radius 1 is 1.14 bits per heavy atom. The summed E-state index contributed by atoms with van der Waals surface area (Å²) in [4.78, 5) is 38.7. The van der Waals surface area contributed by atoms with Crippen LogP contribution in [0.3, 0.4) is 0 Å². The molecule has 3 aliphatic carbocycles. The van der Waals surface area contributed by atoms with E-state index in [0.29, 0.717) is 17.0 Å². The van der Waals surface area contributed by atoms with Crippen molar-refractivity contribution in [2.75, 3.05) is 5.32 Å². The molecular formula is C21H25NO5S. The third-order valence-electron chi connectivity index (χ3n) is 6.00. The minimum atomic E-state index is -0.929. The highest BCUT2D eigenvalue weighted by Gasteiger charge is 2.51. The average Bonchev–Trinajstić information content (AvgIpc) is 3.32. The zero-order valence-corrected chi connectivity index (χ0v) is 16.9. The molecule has 2 bridgehead atoms. The largest absolute Gasteiger partial charge is 0.481 e. The number of carboxylic acids is 1. The van der Waals surface area contributed by atoms with Gasteiger partial charge in [0.15, 0.2) is 0 Å². The smallest absolute Gasteiger partial charge is 0.341 e. The van der Waals surface area contributed by atoms with Gasteiger partial charge in [-0.2, -0.15) is 0 Å². The zero-order chi connectivity index (χ0) is 20.0. The Hall–Kier alpha value is -2.15. The molecule has 1 fully saturated rings. The Kier molecular flexibility index (Phi) is 5.04. The number of anilines is 1. The predicted molar refractivity (Wildman–Crippen MR) is 105 cm³/mol. The molecule has 4 rings (SSSR count). The Bertz CT molecular complexity index is 855. The third kappa shape index (κ3) is 3.26. The predicted octanol–water partition coefficient (Wildman–Crippen LogP) is 3.65. The van der Waals surface area contributed by atoms with E-state index < -0.39 is 23.8 Å². The summed E-state index contributed by atoms with van der Waals surface area (Å²) in [5.41, 5.74) is 1.45. The molecule has 0 aromatic carbocycles. The van der Waals surface area contributed by atoms with Crippen LogP contribution in [0.4, 0.5) is 5.00 Å². The van der Waals surface area contributed by atoms with Crippen molar-refractivity contribution in [3.8, 4) is 0 Å². The first-order valence-corrected chi connectivity index (χ1v) is 10.8. The fourth-order valence-electron chi connectivity index (χ4n) is 4.85. The van der Waals surface area contributed by atoms with Crippen molar-refractivity contribution in [1.82, 2.24) is 0 Å². The van der Waals surface area contributed by atoms with Crippen molar-refractivity contribution in [2.45, 2.75) is 52.1 Å². The molecule has 0 aliphatic heterocycles. The van der Waals surface area contributed by atoms with E-state index in [0.717, 1.165) is 36.1 Å². The lowest BCUT2D eigenvalue weighted by atomic mass is 9.82. The molecule has 3 aliphatic rings. The number of esters is 1. The summed E-state index contributed by atoms with van der Waals surface area (Å²) in [6, 6.07) is 0. The van der Waals surface area contributed by atoms with Gasteiger partial charge in [-0.25, -0.2) is 4.79 Å². The van der Waals surface area contributed by atoms with Crippen molar-refractivity contribution in [2.24, 2.45) is 23.7 Å². The maximum Gasteiger partial charge on any atom is 0.341 e. The molecule has 0 spiro atoms. The van der Waals surface area contributed by atoms with E-state index in [1.165, 1.54) is 11.3 Å². The number of nitrogens with one attached hydrogen (secondary N) is 1. The maximum absolute atomic E-state index is 13.1. The molecular weight excluding hydrogens is 378 g/mol. The Morgan fingerprint density at radius 3 is 2.50 bits per heavy atom. The molecule has 150 valence electrons. The van der Waals surface area contributed by atoms with Crippen LogP contribution in [0.1, 0.15) is 53.9 Å². The van der Waals surface area contributed by atoms with Crippen molar-refractivity contribution in [1.29, 1.82) is 0 Å². The van der Waals surface area contributed by atoms with E-state index in [1.807, 2.05) is 12.2 Å². The van der Waals surface area contributed by atoms with Gasteiger partial charge in [-0.15, -0.1) is 11.3 Å². The molecule has 7 heteroatoms. The Balaban J connectivity index is 1.63. The van der Waals surface area contributed by atoms with Crippen LogP contribution in [0.25, 0.3) is 0 Å². The number of rotatable bonds is 5. The molecule has 6 nitrogen and oxygen atoms in total. The van der Waals surface area contributed by atoms with Gasteiger partial charge in [-0.3, -0.25) is 9.59 Å². The van der Waals surface area contributed by atoms with Crippen LogP contribution >= 0.6 is 11.3 Å². The number of hydrogen-bond donors (Lipinski definition) is 2. The van der Waals surface area contributed by atoms with Crippen molar-refractivity contribution in [3.63, 3.8) is 0 Å². The lowest BCUT2D eigenvalue weighted by molar-refractivity contribution is -0.146. The quantitative estimate of drug-likeness (QED) is 0.578. The van der Waals surface area contributed by atoms with Crippen LogP contribution in [-0.4, -0.2) is 29.1 Å². The number of carbonyl (C=O) groups excluding carboxylic acids is 2. The monoisotopic (exact) mass is 403 g/mol. The summed E-state index contributed by atoms with van der Waals surface area (Å²) < 4.78 is 5.43. The lowest BCUT2D eigenvalue weighted by Crippen LogP contribution is -2.36. The second-order valence-electron chi connectivity index (χ2n) is 8.20. The van der Waals surface area contributed by atoms with Gasteiger partial charge in [-0.1, -0.05) is 12.2 Å². The molecule has 0 unspecified atom stereocenters. The number of amides is 1. The zero-order valence-electron chi connectivity index (χ0n) is 16.1. The minimum Gasteiger partial charge on any atom is -0.481 e. The SMILES string of the molecule is CC(C)OC(=O)c1c(NC(=O)[C@H]2[C@@H](C(=O)O)[C@H]3C=C[C@@H]2C3)sc2c1CCCC2. The number of aryl methyl sites for hydroxylation is 1. The number of carboxylic acid groups (broad SMARTS) is 1. The number of thiophene rings is 1. The van der Waals surface area contributed by atoms with E-state index in [9.17, 15) is 19.5 Å². The molecule has 0 saturated heterocycles. The summed E-state index contributed by atoms with van der Waals surface area (Å²) in [7, 11) is 0. The van der Waals surface area contributed by atoms with Crippen LogP contribution in [-0.2, 0) is 27.2 Å². The van der Waals surface area contributed by atoms with Gasteiger partial charge < -0.3 is 15.2 Å². The van der Waals surface area contributed by atoms with Gasteiger partial charge in [0.2, 0.25) is 5.91 Å². The Morgan fingerprint density at radius 2 is 1.82 bits per heavy atom. The van der Waals surface area contributed by atoms with Gasteiger partial charge in [-0.05, 0) is 63.4 Å². The van der Waals surface area contributed by atoms with E-state index in [4.69, 9.17) is 4.74 Å². The van der Waals surface area contributed by atoms with Gasteiger partial charge in [0.05, 0.1) is 23.5 Å². The van der Waals surface area contributed by atoms with Gasteiger partial charge >= 0.3 is 11.9 Å². The molecule has 0 radical (unpaired) electrons. The highest BCUT2D eigenvalue weighted by Crippen LogP contribution is 2.49. The van der Waals surface area contributed by atoms with Crippen LogP contribution < -0.4 is 5.32 Å². The summed E-state index contributed by atoms with van der Waals surface area (Å²) >= 11 is 1.44. The molecule has 2 N–H and O–H groups in total. The molecule has 1 aromatic rings. The molecule has 1 amide bonds. The number of allylic oxidation sites excluding steroid dienone is 2. The van der Waals surface area contributed by atoms with Gasteiger partial charge in [0.25, 0.3) is 0 Å². The summed E-state index contributed by atoms with van der Waals surface area (Å²) in [5.74, 6) is -3.07. The average molecular weight is 404 g/mol. The van der Waals surface area contributed by atoms with Crippen LogP contribution in [0, 0.1) is 23.7 Å². The molecule has 4 atom stereocenters. The van der Waals surface area contributed by atoms with Crippen LogP contribution in [0.15, 0.2) is 12.2 Å². The standard InChI is InChI=1S/C21H25NO5S/c1-10(2)27-21(26)17-13-5-3-4-6-14(13)28-19(17)22-18(23)15-11-7-8-12(9-11)16(15)20(24)25/h7-8,10-12,15-16H,3-6,9H2,1-2H3,(H,22,23)(H,24,25)/t11-,12+,15-,16+/m1/s1. The molecule has 1 saturated carbocycles. The second kappa shape index (κ2) is 7.35. The number of ether oxygens (including phenoxy) is 1. The fourth-order valence-corrected chi connectivity index (χ4v) is 6.13. The minimum absolute atomic E-state index is 0.0493. The molecule has 1 aromatic heterocycles. The molecule has 1 heterocycles. The summed E-state index contributed by atoms with van der Waals surface area (Å²) in [6.07, 6.45) is 8.12. The first-order chi connectivity index (χ1) is 13.4. The normalized spacial score (nSPS) is 27.7. The highest BCUT2D eigenvalue weighted by atomic mass is 32.1. The van der Waals surface area contributed by atoms with E-state index in [-0.39, 0.29) is 23.8 Å². The number of hydrogen-bond acceptors (Lipinski definition) is 5. The topological polar surface area (TPSA) is 92.7 Å². The number of fused-ring (bicyclic) bond motifs is 3. The van der Waals surface area contributed by atoms with Crippen LogP contribution in [0.5, 0.6) is 0 Å². The van der Waals surface area contributed by atoms with Crippen molar-refractivity contribution < 1.29 is 24.2 Å². The summed E-state index contributed by atoms with van der Waals surface area (Å²) in [6.45, 7) is 3.60. The second-order valence-corrected chi connectivity index (χ2v) is 9.30. The van der Waals surface area contributed by atoms with Crippen LogP contribution in [0.2, 0.25) is 0 Å². The number of aliphatic carboxylic acids is 1. The Labute approximate surface area is 168 Å². The maximum atomic E-state index is 13.1. The first-order valence-electron chi connectivity index (χ1n) is 9.94. The van der Waals surface area contributed by atoms with E-state index in [1.54, 1.807) is 13.8 Å². The van der Waals surface area contributed by atoms with Gasteiger partial charge in [0, 0.05) is 4.88 Å². The number of carbonyl (C=O) groups is 3. The summed E-state index contributed by atoms with van der Waals surface area (Å²) in [5, 5.41) is 13.0.